The maximum Gasteiger partial charge on any atom is 0.230 e. The lowest BCUT2D eigenvalue weighted by Gasteiger charge is -2.06. The first-order valence-electron chi connectivity index (χ1n) is 6.13. The number of aromatic amines is 1. The van der Waals surface area contributed by atoms with Crippen LogP contribution in [-0.2, 0) is 4.79 Å². The highest BCUT2D eigenvalue weighted by atomic mass is 16.5. The molecule has 0 radical (unpaired) electrons. The molecule has 1 N–H and O–H groups in total. The summed E-state index contributed by atoms with van der Waals surface area (Å²) in [5.74, 6) is -0.248. The largest absolute Gasteiger partial charge is 0.496 e. The Labute approximate surface area is 118 Å². The number of carbonyl (C=O) groups excluding carboxylic acids is 2. The number of fused-ring (bicyclic) bond motifs is 1. The van der Waals surface area contributed by atoms with Gasteiger partial charge in [-0.15, -0.1) is 0 Å². The Kier molecular flexibility index (Phi) is 3.02. The molecule has 0 spiro atoms. The van der Waals surface area contributed by atoms with Gasteiger partial charge in [0.2, 0.25) is 18.0 Å². The smallest absolute Gasteiger partial charge is 0.230 e. The number of Topliss-reactive ketones (excluding diaryl/α,β-unsaturated/α-hetero) is 2. The average Bonchev–Trinajstić information content (AvgIpc) is 3.14. The van der Waals surface area contributed by atoms with Crippen molar-refractivity contribution in [3.63, 3.8) is 0 Å². The van der Waals surface area contributed by atoms with E-state index < -0.39 is 11.6 Å². The Morgan fingerprint density at radius 3 is 2.76 bits per heavy atom. The van der Waals surface area contributed by atoms with Crippen molar-refractivity contribution in [2.24, 2.45) is 0 Å². The normalized spacial score (nSPS) is 10.8. The molecule has 0 fully saturated rings. The number of nitrogens with zero attached hydrogens (tertiary/aromatic N) is 2. The summed E-state index contributed by atoms with van der Waals surface area (Å²) in [5, 5.41) is 4.31. The van der Waals surface area contributed by atoms with Crippen LogP contribution in [0.5, 0.6) is 5.75 Å². The van der Waals surface area contributed by atoms with Crippen molar-refractivity contribution in [2.45, 2.75) is 6.92 Å². The van der Waals surface area contributed by atoms with Crippen molar-refractivity contribution in [3.8, 4) is 17.1 Å². The summed E-state index contributed by atoms with van der Waals surface area (Å²) in [5.41, 5.74) is 1.53. The lowest BCUT2D eigenvalue weighted by Crippen LogP contribution is -2.09. The summed E-state index contributed by atoms with van der Waals surface area (Å²) >= 11 is 0. The summed E-state index contributed by atoms with van der Waals surface area (Å²) < 4.78 is 10.0. The minimum absolute atomic E-state index is 0.264. The van der Waals surface area contributed by atoms with Crippen LogP contribution in [0.4, 0.5) is 0 Å². The van der Waals surface area contributed by atoms with Crippen molar-refractivity contribution < 1.29 is 18.8 Å². The standard InChI is InChI=1S/C14H11N3O4/c1-7(18)13(19)9-5-15-12-8(14-16-6-21-17-14)3-4-10(20-2)11(9)12/h3-6,15H,1-2H3. The fraction of sp³-hybridized carbons (Fsp3) is 0.143. The summed E-state index contributed by atoms with van der Waals surface area (Å²) in [6, 6.07) is 3.45. The summed E-state index contributed by atoms with van der Waals surface area (Å²) in [6.45, 7) is 1.23. The van der Waals surface area contributed by atoms with Crippen molar-refractivity contribution in [2.75, 3.05) is 7.11 Å². The molecule has 0 aliphatic carbocycles. The molecule has 0 unspecified atom stereocenters. The van der Waals surface area contributed by atoms with Crippen LogP contribution in [0, 0.1) is 0 Å². The Morgan fingerprint density at radius 2 is 2.14 bits per heavy atom. The molecule has 3 aromatic rings. The first-order valence-corrected chi connectivity index (χ1v) is 6.13. The molecular weight excluding hydrogens is 274 g/mol. The van der Waals surface area contributed by atoms with E-state index in [0.29, 0.717) is 28.0 Å². The predicted octanol–water partition coefficient (Wildman–Crippen LogP) is 2.00. The van der Waals surface area contributed by atoms with Gasteiger partial charge in [0.1, 0.15) is 5.75 Å². The van der Waals surface area contributed by atoms with Gasteiger partial charge in [0, 0.05) is 18.7 Å². The quantitative estimate of drug-likeness (QED) is 0.581. The van der Waals surface area contributed by atoms with Crippen molar-refractivity contribution in [3.05, 3.63) is 30.3 Å². The highest BCUT2D eigenvalue weighted by Gasteiger charge is 2.22. The second-order valence-electron chi connectivity index (χ2n) is 4.41. The zero-order valence-electron chi connectivity index (χ0n) is 11.3. The van der Waals surface area contributed by atoms with Crippen LogP contribution in [-0.4, -0.2) is 33.8 Å². The molecule has 7 heteroatoms. The number of methoxy groups -OCH3 is 1. The SMILES string of the molecule is COc1ccc(-c2ncon2)c2[nH]cc(C(=O)C(C)=O)c12. The molecule has 3 rings (SSSR count). The number of nitrogens with one attached hydrogen (secondary N) is 1. The van der Waals surface area contributed by atoms with E-state index in [4.69, 9.17) is 9.26 Å². The Hall–Kier alpha value is -2.96. The lowest BCUT2D eigenvalue weighted by atomic mass is 10.0. The van der Waals surface area contributed by atoms with E-state index in [1.165, 1.54) is 26.6 Å². The highest BCUT2D eigenvalue weighted by Crippen LogP contribution is 2.35. The van der Waals surface area contributed by atoms with Gasteiger partial charge in [0.15, 0.2) is 5.78 Å². The summed E-state index contributed by atoms with van der Waals surface area (Å²) in [7, 11) is 1.50. The Morgan fingerprint density at radius 1 is 1.33 bits per heavy atom. The minimum Gasteiger partial charge on any atom is -0.496 e. The van der Waals surface area contributed by atoms with Gasteiger partial charge in [-0.2, -0.15) is 4.98 Å². The van der Waals surface area contributed by atoms with Crippen molar-refractivity contribution in [1.29, 1.82) is 0 Å². The number of aromatic nitrogens is 3. The predicted molar refractivity (Wildman–Crippen MR) is 73.2 cm³/mol. The zero-order chi connectivity index (χ0) is 15.0. The number of ether oxygens (including phenoxy) is 1. The molecule has 0 saturated heterocycles. The van der Waals surface area contributed by atoms with Crippen LogP contribution >= 0.6 is 0 Å². The van der Waals surface area contributed by atoms with E-state index in [1.54, 1.807) is 12.1 Å². The van der Waals surface area contributed by atoms with Crippen LogP contribution in [0.15, 0.2) is 29.2 Å². The van der Waals surface area contributed by atoms with Crippen LogP contribution in [0.3, 0.4) is 0 Å². The maximum atomic E-state index is 12.0. The van der Waals surface area contributed by atoms with Gasteiger partial charge in [-0.05, 0) is 12.1 Å². The number of carbonyl (C=O) groups is 2. The van der Waals surface area contributed by atoms with E-state index in [9.17, 15) is 9.59 Å². The van der Waals surface area contributed by atoms with E-state index in [-0.39, 0.29) is 5.56 Å². The molecule has 7 nitrogen and oxygen atoms in total. The third-order valence-electron chi connectivity index (χ3n) is 3.18. The van der Waals surface area contributed by atoms with Crippen LogP contribution in [0.25, 0.3) is 22.3 Å². The second kappa shape index (κ2) is 4.86. The van der Waals surface area contributed by atoms with Gasteiger partial charge in [-0.25, -0.2) is 0 Å². The van der Waals surface area contributed by atoms with Crippen molar-refractivity contribution in [1.82, 2.24) is 15.1 Å². The third-order valence-corrected chi connectivity index (χ3v) is 3.18. The van der Waals surface area contributed by atoms with Crippen LogP contribution in [0.2, 0.25) is 0 Å². The number of hydrogen-bond donors (Lipinski definition) is 1. The summed E-state index contributed by atoms with van der Waals surface area (Å²) in [4.78, 5) is 30.3. The molecule has 0 bridgehead atoms. The fourth-order valence-electron chi connectivity index (χ4n) is 2.23. The van der Waals surface area contributed by atoms with E-state index >= 15 is 0 Å². The Balaban J connectivity index is 2.32. The molecule has 1 aromatic carbocycles. The van der Waals surface area contributed by atoms with E-state index in [0.717, 1.165) is 0 Å². The highest BCUT2D eigenvalue weighted by molar-refractivity contribution is 6.45. The molecule has 2 aromatic heterocycles. The van der Waals surface area contributed by atoms with Gasteiger partial charge >= 0.3 is 0 Å². The number of rotatable bonds is 4. The van der Waals surface area contributed by atoms with Gasteiger partial charge in [-0.3, -0.25) is 9.59 Å². The van der Waals surface area contributed by atoms with Gasteiger partial charge in [-0.1, -0.05) is 5.16 Å². The molecule has 106 valence electrons. The topological polar surface area (TPSA) is 98.1 Å². The van der Waals surface area contributed by atoms with Gasteiger partial charge in [0.05, 0.1) is 23.6 Å². The second-order valence-corrected chi connectivity index (χ2v) is 4.41. The van der Waals surface area contributed by atoms with E-state index in [1.807, 2.05) is 0 Å². The molecule has 21 heavy (non-hydrogen) atoms. The molecule has 0 amide bonds. The molecule has 0 aliphatic rings. The van der Waals surface area contributed by atoms with E-state index in [2.05, 4.69) is 15.1 Å². The maximum absolute atomic E-state index is 12.0. The monoisotopic (exact) mass is 285 g/mol. The molecule has 2 heterocycles. The molecular formula is C14H11N3O4. The Bertz CT molecular complexity index is 833. The number of hydrogen-bond acceptors (Lipinski definition) is 6. The fourth-order valence-corrected chi connectivity index (χ4v) is 2.23. The molecule has 0 saturated carbocycles. The van der Waals surface area contributed by atoms with Crippen LogP contribution < -0.4 is 4.74 Å². The number of benzene rings is 1. The first-order chi connectivity index (χ1) is 10.1. The summed E-state index contributed by atoms with van der Waals surface area (Å²) in [6.07, 6.45) is 2.70. The van der Waals surface area contributed by atoms with Gasteiger partial charge < -0.3 is 14.2 Å². The minimum atomic E-state index is -0.579. The number of H-pyrrole nitrogens is 1. The van der Waals surface area contributed by atoms with Crippen LogP contribution in [0.1, 0.15) is 17.3 Å². The van der Waals surface area contributed by atoms with Crippen molar-refractivity contribution >= 4 is 22.5 Å². The first kappa shape index (κ1) is 13.0. The van der Waals surface area contributed by atoms with Gasteiger partial charge in [0.25, 0.3) is 0 Å². The molecule has 0 aliphatic heterocycles. The third kappa shape index (κ3) is 1.99. The number of ketones is 2. The lowest BCUT2D eigenvalue weighted by molar-refractivity contribution is -0.113. The molecule has 0 atom stereocenters. The zero-order valence-corrected chi connectivity index (χ0v) is 11.3. The average molecular weight is 285 g/mol.